The first-order valence-electron chi connectivity index (χ1n) is 7.06. The minimum absolute atomic E-state index is 0.139. The van der Waals surface area contributed by atoms with E-state index in [4.69, 9.17) is 4.74 Å². The smallest absolute Gasteiger partial charge is 0.240 e. The van der Waals surface area contributed by atoms with Crippen molar-refractivity contribution in [3.05, 3.63) is 30.1 Å². The van der Waals surface area contributed by atoms with E-state index in [9.17, 15) is 14.0 Å². The SMILES string of the molecule is O=C(Nc1cccc(F)c1)C1(C(=O)N2CCOCC2)CC1. The average Bonchev–Trinajstić information content (AvgIpc) is 3.29. The van der Waals surface area contributed by atoms with Crippen LogP contribution in [-0.4, -0.2) is 43.0 Å². The van der Waals surface area contributed by atoms with Crippen LogP contribution >= 0.6 is 0 Å². The van der Waals surface area contributed by atoms with Gasteiger partial charge < -0.3 is 15.0 Å². The number of ether oxygens (including phenoxy) is 1. The highest BCUT2D eigenvalue weighted by molar-refractivity contribution is 6.13. The third-order valence-electron chi connectivity index (χ3n) is 3.97. The number of carbonyl (C=O) groups is 2. The zero-order valence-corrected chi connectivity index (χ0v) is 11.6. The van der Waals surface area contributed by atoms with Crippen LogP contribution in [0.3, 0.4) is 0 Å². The Hall–Kier alpha value is -1.95. The number of hydrogen-bond donors (Lipinski definition) is 1. The number of benzene rings is 1. The number of nitrogens with one attached hydrogen (secondary N) is 1. The molecule has 0 aromatic heterocycles. The Kier molecular flexibility index (Phi) is 3.63. The summed E-state index contributed by atoms with van der Waals surface area (Å²) in [5.74, 6) is -0.901. The molecule has 2 aliphatic rings. The molecule has 1 aliphatic heterocycles. The summed E-state index contributed by atoms with van der Waals surface area (Å²) < 4.78 is 18.4. The van der Waals surface area contributed by atoms with Gasteiger partial charge in [0.15, 0.2) is 0 Å². The molecular weight excluding hydrogens is 275 g/mol. The molecule has 1 aliphatic carbocycles. The van der Waals surface area contributed by atoms with Crippen LogP contribution in [0.1, 0.15) is 12.8 Å². The fraction of sp³-hybridized carbons (Fsp3) is 0.467. The molecule has 2 fully saturated rings. The van der Waals surface area contributed by atoms with Crippen molar-refractivity contribution in [2.75, 3.05) is 31.6 Å². The Bertz CT molecular complexity index is 566. The number of anilines is 1. The molecule has 1 aromatic carbocycles. The van der Waals surface area contributed by atoms with Crippen molar-refractivity contribution in [1.29, 1.82) is 0 Å². The molecular formula is C15H17FN2O3. The summed E-state index contributed by atoms with van der Waals surface area (Å²) >= 11 is 0. The van der Waals surface area contributed by atoms with E-state index in [1.807, 2.05) is 0 Å². The third kappa shape index (κ3) is 2.76. The van der Waals surface area contributed by atoms with Crippen LogP contribution in [-0.2, 0) is 14.3 Å². The number of rotatable bonds is 3. The molecule has 0 unspecified atom stereocenters. The molecule has 0 radical (unpaired) electrons. The largest absolute Gasteiger partial charge is 0.378 e. The van der Waals surface area contributed by atoms with E-state index < -0.39 is 11.2 Å². The van der Waals surface area contributed by atoms with Gasteiger partial charge in [-0.15, -0.1) is 0 Å². The minimum Gasteiger partial charge on any atom is -0.378 e. The van der Waals surface area contributed by atoms with Gasteiger partial charge in [-0.1, -0.05) is 6.07 Å². The summed E-state index contributed by atoms with van der Waals surface area (Å²) in [5.41, 5.74) is -0.593. The predicted octanol–water partition coefficient (Wildman–Crippen LogP) is 1.40. The summed E-state index contributed by atoms with van der Waals surface area (Å²) in [4.78, 5) is 26.6. The van der Waals surface area contributed by atoms with Crippen LogP contribution in [0.5, 0.6) is 0 Å². The number of morpholine rings is 1. The topological polar surface area (TPSA) is 58.6 Å². The fourth-order valence-electron chi connectivity index (χ4n) is 2.55. The minimum atomic E-state index is -0.969. The van der Waals surface area contributed by atoms with Crippen molar-refractivity contribution in [1.82, 2.24) is 4.90 Å². The van der Waals surface area contributed by atoms with Crippen LogP contribution in [0.2, 0.25) is 0 Å². The second kappa shape index (κ2) is 5.44. The van der Waals surface area contributed by atoms with Gasteiger partial charge in [-0.3, -0.25) is 9.59 Å². The summed E-state index contributed by atoms with van der Waals surface area (Å²) in [7, 11) is 0. The summed E-state index contributed by atoms with van der Waals surface area (Å²) in [6.07, 6.45) is 1.09. The van der Waals surface area contributed by atoms with Gasteiger partial charge in [0.05, 0.1) is 13.2 Å². The monoisotopic (exact) mass is 292 g/mol. The summed E-state index contributed by atoms with van der Waals surface area (Å²) in [6.45, 7) is 2.06. The van der Waals surface area contributed by atoms with E-state index in [1.165, 1.54) is 18.2 Å². The van der Waals surface area contributed by atoms with E-state index in [1.54, 1.807) is 11.0 Å². The first kappa shape index (κ1) is 14.0. The Morgan fingerprint density at radius 3 is 2.57 bits per heavy atom. The zero-order valence-electron chi connectivity index (χ0n) is 11.6. The lowest BCUT2D eigenvalue weighted by molar-refractivity contribution is -0.145. The van der Waals surface area contributed by atoms with Gasteiger partial charge in [-0.05, 0) is 31.0 Å². The number of amides is 2. The highest BCUT2D eigenvalue weighted by Gasteiger charge is 2.58. The number of hydrogen-bond acceptors (Lipinski definition) is 3. The molecule has 21 heavy (non-hydrogen) atoms. The van der Waals surface area contributed by atoms with Crippen LogP contribution in [0, 0.1) is 11.2 Å². The second-order valence-electron chi connectivity index (χ2n) is 5.45. The van der Waals surface area contributed by atoms with Crippen LogP contribution in [0.15, 0.2) is 24.3 Å². The Morgan fingerprint density at radius 1 is 1.24 bits per heavy atom. The maximum absolute atomic E-state index is 13.1. The molecule has 1 saturated heterocycles. The predicted molar refractivity (Wildman–Crippen MR) is 74.1 cm³/mol. The van der Waals surface area contributed by atoms with Gasteiger partial charge >= 0.3 is 0 Å². The highest BCUT2D eigenvalue weighted by Crippen LogP contribution is 2.48. The third-order valence-corrected chi connectivity index (χ3v) is 3.97. The first-order valence-corrected chi connectivity index (χ1v) is 7.06. The van der Waals surface area contributed by atoms with Crippen molar-refractivity contribution in [3.63, 3.8) is 0 Å². The second-order valence-corrected chi connectivity index (χ2v) is 5.45. The molecule has 6 heteroatoms. The molecule has 0 atom stereocenters. The zero-order chi connectivity index (χ0) is 14.9. The lowest BCUT2D eigenvalue weighted by Gasteiger charge is -2.30. The van der Waals surface area contributed by atoms with E-state index in [0.717, 1.165) is 0 Å². The van der Waals surface area contributed by atoms with Crippen molar-refractivity contribution in [2.45, 2.75) is 12.8 Å². The quantitative estimate of drug-likeness (QED) is 0.857. The molecule has 1 saturated carbocycles. The van der Waals surface area contributed by atoms with Crippen LogP contribution in [0.4, 0.5) is 10.1 Å². The van der Waals surface area contributed by atoms with E-state index in [2.05, 4.69) is 5.32 Å². The average molecular weight is 292 g/mol. The number of nitrogens with zero attached hydrogens (tertiary/aromatic N) is 1. The van der Waals surface area contributed by atoms with Crippen LogP contribution < -0.4 is 5.32 Å². The maximum atomic E-state index is 13.1. The molecule has 112 valence electrons. The van der Waals surface area contributed by atoms with Crippen molar-refractivity contribution >= 4 is 17.5 Å². The number of halogens is 1. The van der Waals surface area contributed by atoms with Gasteiger partial charge in [0.2, 0.25) is 11.8 Å². The number of carbonyl (C=O) groups excluding carboxylic acids is 2. The van der Waals surface area contributed by atoms with E-state index >= 15 is 0 Å². The van der Waals surface area contributed by atoms with Gasteiger partial charge in [-0.2, -0.15) is 0 Å². The molecule has 2 amide bonds. The van der Waals surface area contributed by atoms with Gasteiger partial charge in [0.25, 0.3) is 0 Å². The Morgan fingerprint density at radius 2 is 1.95 bits per heavy atom. The molecule has 5 nitrogen and oxygen atoms in total. The Balaban J connectivity index is 1.69. The fourth-order valence-corrected chi connectivity index (χ4v) is 2.55. The lowest BCUT2D eigenvalue weighted by Crippen LogP contribution is -2.47. The van der Waals surface area contributed by atoms with Gasteiger partial charge in [0, 0.05) is 18.8 Å². The molecule has 0 bridgehead atoms. The maximum Gasteiger partial charge on any atom is 0.240 e. The standard InChI is InChI=1S/C15H17FN2O3/c16-11-2-1-3-12(10-11)17-13(19)15(4-5-15)14(20)18-6-8-21-9-7-18/h1-3,10H,4-9H2,(H,17,19). The summed E-state index contributed by atoms with van der Waals surface area (Å²) in [5, 5.41) is 2.65. The molecule has 0 spiro atoms. The van der Waals surface area contributed by atoms with Gasteiger partial charge in [-0.25, -0.2) is 4.39 Å². The van der Waals surface area contributed by atoms with Crippen molar-refractivity contribution < 1.29 is 18.7 Å². The van der Waals surface area contributed by atoms with Crippen molar-refractivity contribution in [2.24, 2.45) is 5.41 Å². The first-order chi connectivity index (χ1) is 10.1. The highest BCUT2D eigenvalue weighted by atomic mass is 19.1. The molecule has 1 heterocycles. The molecule has 1 aromatic rings. The normalized spacial score (nSPS) is 20.0. The van der Waals surface area contributed by atoms with Crippen molar-refractivity contribution in [3.8, 4) is 0 Å². The molecule has 1 N–H and O–H groups in total. The van der Waals surface area contributed by atoms with Gasteiger partial charge in [0.1, 0.15) is 11.2 Å². The molecule has 3 rings (SSSR count). The Labute approximate surface area is 122 Å². The van der Waals surface area contributed by atoms with E-state index in [0.29, 0.717) is 44.8 Å². The van der Waals surface area contributed by atoms with Crippen LogP contribution in [0.25, 0.3) is 0 Å². The lowest BCUT2D eigenvalue weighted by atomic mass is 10.0. The summed E-state index contributed by atoms with van der Waals surface area (Å²) in [6, 6.07) is 5.68. The van der Waals surface area contributed by atoms with E-state index in [-0.39, 0.29) is 11.8 Å².